The standard InChI is InChI=1S/C16H21N3O6/c1-9(21)19-16-5-13(25-22-8-16)14(7-20)24-15(16)23-11-2-3-12(18)10(4-11)6-17/h2-4,6,13-15,17,20H,5,7-8,18H2,1H3,(H,19,21)/t13?,14?,15-,16?/m1/s1. The Morgan fingerprint density at radius 2 is 2.40 bits per heavy atom. The van der Waals surface area contributed by atoms with Crippen LogP contribution in [0.25, 0.3) is 0 Å². The molecule has 1 aromatic rings. The summed E-state index contributed by atoms with van der Waals surface area (Å²) in [6.07, 6.45) is -0.583. The minimum atomic E-state index is -0.952. The molecule has 2 aliphatic rings. The van der Waals surface area contributed by atoms with Crippen molar-refractivity contribution in [2.24, 2.45) is 0 Å². The molecule has 2 fully saturated rings. The summed E-state index contributed by atoms with van der Waals surface area (Å²) in [4.78, 5) is 22.0. The number of hydrogen-bond acceptors (Lipinski definition) is 8. The molecule has 2 heterocycles. The number of carbonyl (C=O) groups is 1. The van der Waals surface area contributed by atoms with Crippen molar-refractivity contribution in [3.8, 4) is 5.75 Å². The Hall–Kier alpha value is -2.20. The van der Waals surface area contributed by atoms with E-state index in [0.717, 1.165) is 6.21 Å². The van der Waals surface area contributed by atoms with Gasteiger partial charge in [0.25, 0.3) is 0 Å². The van der Waals surface area contributed by atoms with E-state index < -0.39 is 24.0 Å². The van der Waals surface area contributed by atoms with Crippen molar-refractivity contribution in [1.29, 1.82) is 5.41 Å². The Morgan fingerprint density at radius 3 is 3.08 bits per heavy atom. The average Bonchev–Trinajstić information content (AvgIpc) is 2.58. The number of benzene rings is 1. The molecule has 5 N–H and O–H groups in total. The van der Waals surface area contributed by atoms with Gasteiger partial charge in [-0.15, -0.1) is 0 Å². The molecular formula is C16H21N3O6. The van der Waals surface area contributed by atoms with Crippen molar-refractivity contribution >= 4 is 17.8 Å². The minimum absolute atomic E-state index is 0.0400. The Kier molecular flexibility index (Phi) is 4.91. The van der Waals surface area contributed by atoms with Crippen LogP contribution in [-0.4, -0.2) is 54.5 Å². The molecule has 0 spiro atoms. The van der Waals surface area contributed by atoms with Gasteiger partial charge in [0.15, 0.2) is 0 Å². The van der Waals surface area contributed by atoms with Crippen LogP contribution < -0.4 is 15.8 Å². The summed E-state index contributed by atoms with van der Waals surface area (Å²) in [5, 5.41) is 19.7. The summed E-state index contributed by atoms with van der Waals surface area (Å²) >= 11 is 0. The highest BCUT2D eigenvalue weighted by Gasteiger charge is 2.55. The molecule has 4 atom stereocenters. The molecule has 3 rings (SSSR count). The van der Waals surface area contributed by atoms with E-state index in [1.165, 1.54) is 6.92 Å². The van der Waals surface area contributed by atoms with E-state index in [1.54, 1.807) is 18.2 Å². The highest BCUT2D eigenvalue weighted by Crippen LogP contribution is 2.36. The Bertz CT molecular complexity index is 669. The SMILES string of the molecule is CC(=O)NC12COOC(C1)C(CO)O[C@H]2Oc1ccc(N)c(C=N)c1. The number of nitrogen functional groups attached to an aromatic ring is 1. The molecular weight excluding hydrogens is 330 g/mol. The van der Waals surface area contributed by atoms with Gasteiger partial charge in [0.2, 0.25) is 12.2 Å². The van der Waals surface area contributed by atoms with Gasteiger partial charge in [-0.3, -0.25) is 4.79 Å². The highest BCUT2D eigenvalue weighted by molar-refractivity contribution is 5.85. The quantitative estimate of drug-likeness (QED) is 0.332. The average molecular weight is 351 g/mol. The number of aliphatic hydroxyl groups excluding tert-OH is 1. The topological polar surface area (TPSA) is 136 Å². The molecule has 2 bridgehead atoms. The number of nitrogens with one attached hydrogen (secondary N) is 2. The number of aliphatic hydroxyl groups is 1. The number of fused-ring (bicyclic) bond motifs is 2. The highest BCUT2D eigenvalue weighted by atomic mass is 17.2. The van der Waals surface area contributed by atoms with Crippen molar-refractivity contribution in [2.45, 2.75) is 37.4 Å². The molecule has 1 aromatic carbocycles. The molecule has 2 saturated heterocycles. The van der Waals surface area contributed by atoms with Crippen LogP contribution >= 0.6 is 0 Å². The van der Waals surface area contributed by atoms with E-state index >= 15 is 0 Å². The fraction of sp³-hybridized carbons (Fsp3) is 0.500. The molecule has 136 valence electrons. The van der Waals surface area contributed by atoms with Crippen molar-refractivity contribution in [3.05, 3.63) is 23.8 Å². The van der Waals surface area contributed by atoms with Crippen LogP contribution in [0.2, 0.25) is 0 Å². The zero-order valence-electron chi connectivity index (χ0n) is 13.7. The Morgan fingerprint density at radius 1 is 1.60 bits per heavy atom. The lowest BCUT2D eigenvalue weighted by Crippen LogP contribution is -2.71. The van der Waals surface area contributed by atoms with Crippen LogP contribution in [0.5, 0.6) is 5.75 Å². The number of nitrogens with two attached hydrogens (primary N) is 1. The van der Waals surface area contributed by atoms with E-state index in [0.29, 0.717) is 23.4 Å². The number of carbonyl (C=O) groups excluding carboxylic acids is 1. The number of hydrogen-bond donors (Lipinski definition) is 4. The zero-order valence-corrected chi connectivity index (χ0v) is 13.7. The first-order chi connectivity index (χ1) is 12.0. The second kappa shape index (κ2) is 6.96. The van der Waals surface area contributed by atoms with Gasteiger partial charge < -0.3 is 31.0 Å². The minimum Gasteiger partial charge on any atom is -0.462 e. The fourth-order valence-corrected chi connectivity index (χ4v) is 3.09. The maximum absolute atomic E-state index is 11.7. The first kappa shape index (κ1) is 17.6. The van der Waals surface area contributed by atoms with Crippen molar-refractivity contribution < 1.29 is 29.1 Å². The molecule has 25 heavy (non-hydrogen) atoms. The van der Waals surface area contributed by atoms with Crippen molar-refractivity contribution in [3.63, 3.8) is 0 Å². The van der Waals surface area contributed by atoms with Crippen LogP contribution in [0.15, 0.2) is 18.2 Å². The van der Waals surface area contributed by atoms with Gasteiger partial charge in [0.05, 0.1) is 6.61 Å². The summed E-state index contributed by atoms with van der Waals surface area (Å²) in [5.74, 6) is 0.158. The van der Waals surface area contributed by atoms with Gasteiger partial charge in [-0.1, -0.05) is 0 Å². The number of rotatable bonds is 5. The lowest BCUT2D eigenvalue weighted by Gasteiger charge is -2.50. The number of anilines is 1. The van der Waals surface area contributed by atoms with E-state index in [9.17, 15) is 9.90 Å². The first-order valence-corrected chi connectivity index (χ1v) is 7.87. The molecule has 0 saturated carbocycles. The number of amides is 1. The van der Waals surface area contributed by atoms with E-state index in [2.05, 4.69) is 5.32 Å². The van der Waals surface area contributed by atoms with E-state index in [4.69, 9.17) is 30.4 Å². The van der Waals surface area contributed by atoms with Gasteiger partial charge in [0.1, 0.15) is 30.1 Å². The van der Waals surface area contributed by atoms with Gasteiger partial charge >= 0.3 is 0 Å². The summed E-state index contributed by atoms with van der Waals surface area (Å²) in [6, 6.07) is 4.87. The largest absolute Gasteiger partial charge is 0.462 e. The maximum Gasteiger partial charge on any atom is 0.226 e. The normalized spacial score (nSPS) is 31.2. The monoisotopic (exact) mass is 351 g/mol. The Labute approximate surface area is 144 Å². The van der Waals surface area contributed by atoms with Gasteiger partial charge in [-0.2, -0.15) is 0 Å². The summed E-state index contributed by atoms with van der Waals surface area (Å²) in [6.45, 7) is 1.15. The molecule has 9 heteroatoms. The molecule has 2 aliphatic heterocycles. The number of ether oxygens (including phenoxy) is 2. The second-order valence-corrected chi connectivity index (χ2v) is 6.18. The fourth-order valence-electron chi connectivity index (χ4n) is 3.09. The zero-order chi connectivity index (χ0) is 18.0. The second-order valence-electron chi connectivity index (χ2n) is 6.18. The smallest absolute Gasteiger partial charge is 0.226 e. The molecule has 0 aliphatic carbocycles. The van der Waals surface area contributed by atoms with Crippen molar-refractivity contribution in [2.75, 3.05) is 18.9 Å². The first-order valence-electron chi connectivity index (χ1n) is 7.87. The van der Waals surface area contributed by atoms with Crippen LogP contribution in [-0.2, 0) is 19.3 Å². The van der Waals surface area contributed by atoms with Gasteiger partial charge in [-0.05, 0) is 18.2 Å². The third-order valence-electron chi connectivity index (χ3n) is 4.30. The third-order valence-corrected chi connectivity index (χ3v) is 4.30. The van der Waals surface area contributed by atoms with Crippen LogP contribution in [0.1, 0.15) is 18.9 Å². The van der Waals surface area contributed by atoms with E-state index in [-0.39, 0.29) is 19.1 Å². The molecule has 0 radical (unpaired) electrons. The van der Waals surface area contributed by atoms with Crippen LogP contribution in [0.4, 0.5) is 5.69 Å². The van der Waals surface area contributed by atoms with Gasteiger partial charge in [0, 0.05) is 30.8 Å². The summed E-state index contributed by atoms with van der Waals surface area (Å²) < 4.78 is 11.8. The lowest BCUT2D eigenvalue weighted by atomic mass is 9.86. The van der Waals surface area contributed by atoms with Crippen LogP contribution in [0, 0.1) is 5.41 Å². The molecule has 1 amide bonds. The molecule has 0 aromatic heterocycles. The van der Waals surface area contributed by atoms with Gasteiger partial charge in [-0.25, -0.2) is 9.78 Å². The molecule has 3 unspecified atom stereocenters. The van der Waals surface area contributed by atoms with Crippen LogP contribution in [0.3, 0.4) is 0 Å². The van der Waals surface area contributed by atoms with E-state index in [1.807, 2.05) is 0 Å². The Balaban J connectivity index is 1.89. The maximum atomic E-state index is 11.7. The predicted molar refractivity (Wildman–Crippen MR) is 87.1 cm³/mol. The predicted octanol–water partition coefficient (Wildman–Crippen LogP) is -0.0421. The summed E-state index contributed by atoms with van der Waals surface area (Å²) in [7, 11) is 0. The lowest BCUT2D eigenvalue weighted by molar-refractivity contribution is -0.418. The van der Waals surface area contributed by atoms with Crippen molar-refractivity contribution in [1.82, 2.24) is 5.32 Å². The summed E-state index contributed by atoms with van der Waals surface area (Å²) in [5.41, 5.74) is 5.78. The molecule has 9 nitrogen and oxygen atoms in total. The third kappa shape index (κ3) is 3.45.